The van der Waals surface area contributed by atoms with Gasteiger partial charge in [0.05, 0.1) is 4.90 Å². The molecule has 1 aliphatic heterocycles. The standard InChI is InChI=1S/C16H21F4NO3S/c1-3-7-21(8-4-2)11-9-12-14(25(22,23)16(18,19)20)6-5-13(17)15(12)24-10-11/h5-6,11H,3-4,7-10H2,1-2H3. The van der Waals surface area contributed by atoms with E-state index in [0.717, 1.165) is 12.8 Å². The Hall–Kier alpha value is -1.35. The molecule has 0 radical (unpaired) electrons. The van der Waals surface area contributed by atoms with Crippen LogP contribution >= 0.6 is 0 Å². The van der Waals surface area contributed by atoms with E-state index in [2.05, 4.69) is 0 Å². The lowest BCUT2D eigenvalue weighted by Gasteiger charge is -2.35. The Labute approximate surface area is 144 Å². The zero-order valence-corrected chi connectivity index (χ0v) is 14.9. The molecule has 0 amide bonds. The molecule has 0 aromatic heterocycles. The summed E-state index contributed by atoms with van der Waals surface area (Å²) in [7, 11) is -5.57. The SMILES string of the molecule is CCCN(CCC)C1COc2c(F)ccc(S(=O)(=O)C(F)(F)F)c2C1. The second kappa shape index (κ2) is 7.49. The van der Waals surface area contributed by atoms with Crippen LogP contribution in [0.25, 0.3) is 0 Å². The van der Waals surface area contributed by atoms with E-state index in [1.807, 2.05) is 18.7 Å². The molecular weight excluding hydrogens is 362 g/mol. The predicted octanol–water partition coefficient (Wildman–Crippen LogP) is 3.54. The lowest BCUT2D eigenvalue weighted by atomic mass is 10.0. The minimum absolute atomic E-state index is 0.00225. The average molecular weight is 383 g/mol. The van der Waals surface area contributed by atoms with Crippen molar-refractivity contribution < 1.29 is 30.7 Å². The molecule has 1 aliphatic rings. The maximum Gasteiger partial charge on any atom is 0.501 e. The summed E-state index contributed by atoms with van der Waals surface area (Å²) >= 11 is 0. The van der Waals surface area contributed by atoms with E-state index in [1.165, 1.54) is 0 Å². The van der Waals surface area contributed by atoms with E-state index in [-0.39, 0.29) is 24.6 Å². The summed E-state index contributed by atoms with van der Waals surface area (Å²) in [4.78, 5) is 1.12. The van der Waals surface area contributed by atoms with Crippen LogP contribution < -0.4 is 4.74 Å². The van der Waals surface area contributed by atoms with Crippen LogP contribution in [0, 0.1) is 5.82 Å². The Bertz CT molecular complexity index is 713. The zero-order valence-electron chi connectivity index (χ0n) is 14.1. The van der Waals surface area contributed by atoms with Crippen molar-refractivity contribution in [2.24, 2.45) is 0 Å². The highest BCUT2D eigenvalue weighted by molar-refractivity contribution is 7.92. The molecule has 1 atom stereocenters. The Morgan fingerprint density at radius 3 is 2.32 bits per heavy atom. The maximum absolute atomic E-state index is 13.9. The molecule has 0 saturated carbocycles. The molecule has 25 heavy (non-hydrogen) atoms. The van der Waals surface area contributed by atoms with Crippen molar-refractivity contribution in [1.29, 1.82) is 0 Å². The molecule has 0 N–H and O–H groups in total. The number of hydrogen-bond acceptors (Lipinski definition) is 4. The number of benzene rings is 1. The van der Waals surface area contributed by atoms with E-state index < -0.39 is 31.8 Å². The second-order valence-electron chi connectivity index (χ2n) is 6.01. The van der Waals surface area contributed by atoms with Crippen LogP contribution in [0.4, 0.5) is 17.6 Å². The molecule has 1 unspecified atom stereocenters. The number of hydrogen-bond donors (Lipinski definition) is 0. The Balaban J connectivity index is 2.47. The minimum Gasteiger partial charge on any atom is -0.489 e. The predicted molar refractivity (Wildman–Crippen MR) is 84.8 cm³/mol. The monoisotopic (exact) mass is 383 g/mol. The van der Waals surface area contributed by atoms with Gasteiger partial charge in [0.25, 0.3) is 9.84 Å². The molecule has 0 spiro atoms. The lowest BCUT2D eigenvalue weighted by molar-refractivity contribution is -0.0437. The quantitative estimate of drug-likeness (QED) is 0.557. The number of nitrogens with zero attached hydrogens (tertiary/aromatic N) is 1. The van der Waals surface area contributed by atoms with Crippen molar-refractivity contribution in [3.8, 4) is 5.75 Å². The van der Waals surface area contributed by atoms with Crippen molar-refractivity contribution in [3.05, 3.63) is 23.5 Å². The Morgan fingerprint density at radius 1 is 1.20 bits per heavy atom. The Kier molecular flexibility index (Phi) is 5.98. The number of rotatable bonds is 6. The van der Waals surface area contributed by atoms with Gasteiger partial charge in [-0.25, -0.2) is 12.8 Å². The third-order valence-corrected chi connectivity index (χ3v) is 5.73. The highest BCUT2D eigenvalue weighted by Crippen LogP contribution is 2.39. The Morgan fingerprint density at radius 2 is 1.80 bits per heavy atom. The lowest BCUT2D eigenvalue weighted by Crippen LogP contribution is -2.44. The minimum atomic E-state index is -5.57. The molecule has 0 bridgehead atoms. The molecule has 4 nitrogen and oxygen atoms in total. The topological polar surface area (TPSA) is 46.6 Å². The first kappa shape index (κ1) is 20.0. The molecule has 142 valence electrons. The van der Waals surface area contributed by atoms with Crippen LogP contribution in [0.15, 0.2) is 17.0 Å². The number of fused-ring (bicyclic) bond motifs is 1. The summed E-state index contributed by atoms with van der Waals surface area (Å²) in [6.07, 6.45) is 1.66. The third kappa shape index (κ3) is 3.92. The van der Waals surface area contributed by atoms with E-state index in [1.54, 1.807) is 0 Å². The van der Waals surface area contributed by atoms with Gasteiger partial charge in [-0.2, -0.15) is 13.2 Å². The molecular formula is C16H21F4NO3S. The molecule has 9 heteroatoms. The van der Waals surface area contributed by atoms with Gasteiger partial charge >= 0.3 is 5.51 Å². The van der Waals surface area contributed by atoms with Crippen molar-refractivity contribution in [3.63, 3.8) is 0 Å². The molecule has 0 saturated heterocycles. The first-order valence-electron chi connectivity index (χ1n) is 8.13. The normalized spacial score (nSPS) is 18.1. The largest absolute Gasteiger partial charge is 0.501 e. The zero-order chi connectivity index (χ0) is 18.8. The molecule has 1 aromatic rings. The van der Waals surface area contributed by atoms with Crippen LogP contribution in [-0.4, -0.2) is 44.6 Å². The average Bonchev–Trinajstić information content (AvgIpc) is 2.53. The van der Waals surface area contributed by atoms with Gasteiger partial charge in [-0.15, -0.1) is 0 Å². The van der Waals surface area contributed by atoms with Gasteiger partial charge < -0.3 is 4.74 Å². The van der Waals surface area contributed by atoms with Crippen molar-refractivity contribution in [1.82, 2.24) is 4.90 Å². The van der Waals surface area contributed by atoms with Gasteiger partial charge in [-0.1, -0.05) is 13.8 Å². The fourth-order valence-electron chi connectivity index (χ4n) is 3.07. The van der Waals surface area contributed by atoms with Crippen LogP contribution in [-0.2, 0) is 16.3 Å². The first-order chi connectivity index (χ1) is 11.6. The molecule has 2 rings (SSSR count). The maximum atomic E-state index is 13.9. The van der Waals surface area contributed by atoms with Crippen molar-refractivity contribution >= 4 is 9.84 Å². The van der Waals surface area contributed by atoms with Gasteiger partial charge in [0.2, 0.25) is 0 Å². The molecule has 0 fully saturated rings. The molecule has 1 aromatic carbocycles. The molecule has 1 heterocycles. The summed E-state index contributed by atoms with van der Waals surface area (Å²) in [6.45, 7) is 5.46. The van der Waals surface area contributed by atoms with Crippen LogP contribution in [0.2, 0.25) is 0 Å². The first-order valence-corrected chi connectivity index (χ1v) is 9.61. The fourth-order valence-corrected chi connectivity index (χ4v) is 4.06. The van der Waals surface area contributed by atoms with Gasteiger partial charge in [-0.05, 0) is 44.5 Å². The van der Waals surface area contributed by atoms with Gasteiger partial charge in [0.1, 0.15) is 6.61 Å². The number of alkyl halides is 3. The van der Waals surface area contributed by atoms with Crippen molar-refractivity contribution in [2.75, 3.05) is 19.7 Å². The van der Waals surface area contributed by atoms with E-state index in [0.29, 0.717) is 25.2 Å². The van der Waals surface area contributed by atoms with Crippen LogP contribution in [0.5, 0.6) is 5.75 Å². The van der Waals surface area contributed by atoms with Crippen LogP contribution in [0.3, 0.4) is 0 Å². The van der Waals surface area contributed by atoms with Gasteiger partial charge in [0.15, 0.2) is 11.6 Å². The highest BCUT2D eigenvalue weighted by atomic mass is 32.2. The van der Waals surface area contributed by atoms with E-state index in [9.17, 15) is 26.0 Å². The highest BCUT2D eigenvalue weighted by Gasteiger charge is 2.49. The number of halogens is 4. The summed E-state index contributed by atoms with van der Waals surface area (Å²) < 4.78 is 81.8. The third-order valence-electron chi connectivity index (χ3n) is 4.16. The van der Waals surface area contributed by atoms with Gasteiger partial charge in [-0.3, -0.25) is 4.90 Å². The summed E-state index contributed by atoms with van der Waals surface area (Å²) in [5.74, 6) is -1.25. The summed E-state index contributed by atoms with van der Waals surface area (Å²) in [6, 6.07) is 1.08. The smallest absolute Gasteiger partial charge is 0.489 e. The van der Waals surface area contributed by atoms with Gasteiger partial charge in [0, 0.05) is 11.6 Å². The van der Waals surface area contributed by atoms with E-state index in [4.69, 9.17) is 4.74 Å². The number of sulfone groups is 1. The van der Waals surface area contributed by atoms with E-state index >= 15 is 0 Å². The fraction of sp³-hybridized carbons (Fsp3) is 0.625. The van der Waals surface area contributed by atoms with Crippen molar-refractivity contribution in [2.45, 2.75) is 49.6 Å². The number of ether oxygens (including phenoxy) is 1. The molecule has 0 aliphatic carbocycles. The summed E-state index contributed by atoms with van der Waals surface area (Å²) in [5, 5.41) is 0. The van der Waals surface area contributed by atoms with Crippen LogP contribution in [0.1, 0.15) is 32.3 Å². The second-order valence-corrected chi connectivity index (χ2v) is 7.92. The summed E-state index contributed by atoms with van der Waals surface area (Å²) in [5.41, 5.74) is -5.68.